The molecule has 3 rings (SSSR count). The van der Waals surface area contributed by atoms with E-state index in [1.54, 1.807) is 4.68 Å². The number of rotatable bonds is 11. The van der Waals surface area contributed by atoms with Crippen LogP contribution in [0.2, 0.25) is 0 Å². The van der Waals surface area contributed by atoms with Crippen LogP contribution in [0.5, 0.6) is 0 Å². The lowest BCUT2D eigenvalue weighted by Crippen LogP contribution is -2.46. The fraction of sp³-hybridized carbons (Fsp3) is 0.667. The minimum absolute atomic E-state index is 0.0463. The Morgan fingerprint density at radius 3 is 2.60 bits per heavy atom. The summed E-state index contributed by atoms with van der Waals surface area (Å²) >= 11 is 0. The molecule has 0 unspecified atom stereocenters. The first kappa shape index (κ1) is 22.0. The quantitative estimate of drug-likeness (QED) is 0.542. The number of carboxylic acids is 1. The van der Waals surface area contributed by atoms with Gasteiger partial charge in [-0.25, -0.2) is 0 Å². The predicted molar refractivity (Wildman–Crippen MR) is 111 cm³/mol. The molecule has 9 nitrogen and oxygen atoms in total. The minimum Gasteiger partial charge on any atom is -0.481 e. The Kier molecular flexibility index (Phi) is 6.89. The molecular weight excluding hydrogens is 384 g/mol. The molecular formula is C21H32N6O3. The van der Waals surface area contributed by atoms with Gasteiger partial charge in [0.1, 0.15) is 0 Å². The van der Waals surface area contributed by atoms with Crippen LogP contribution >= 0.6 is 0 Å². The maximum absolute atomic E-state index is 12.5. The molecule has 30 heavy (non-hydrogen) atoms. The summed E-state index contributed by atoms with van der Waals surface area (Å²) in [6.07, 6.45) is 7.75. The SMILES string of the molecule is Cc1nn(C)c(C)c1CCC(=O)NCC1(c2cn(CCCCC(=O)O)nn2)CCC1. The van der Waals surface area contributed by atoms with Crippen molar-refractivity contribution < 1.29 is 14.7 Å². The highest BCUT2D eigenvalue weighted by molar-refractivity contribution is 5.76. The lowest BCUT2D eigenvalue weighted by molar-refractivity contribution is -0.137. The number of unbranched alkanes of at least 4 members (excludes halogenated alkanes) is 1. The Hall–Kier alpha value is -2.71. The van der Waals surface area contributed by atoms with Crippen LogP contribution < -0.4 is 5.32 Å². The molecule has 0 aromatic carbocycles. The third-order valence-electron chi connectivity index (χ3n) is 6.31. The van der Waals surface area contributed by atoms with Crippen LogP contribution in [0.3, 0.4) is 0 Å². The normalized spacial score (nSPS) is 15.0. The Morgan fingerprint density at radius 1 is 1.23 bits per heavy atom. The molecule has 2 heterocycles. The maximum Gasteiger partial charge on any atom is 0.303 e. The van der Waals surface area contributed by atoms with Gasteiger partial charge >= 0.3 is 5.97 Å². The molecule has 0 bridgehead atoms. The molecule has 2 aromatic rings. The summed E-state index contributed by atoms with van der Waals surface area (Å²) in [6, 6.07) is 0. The third-order valence-corrected chi connectivity index (χ3v) is 6.31. The second-order valence-corrected chi connectivity index (χ2v) is 8.40. The fourth-order valence-corrected chi connectivity index (χ4v) is 4.10. The van der Waals surface area contributed by atoms with Crippen molar-refractivity contribution in [2.24, 2.45) is 7.05 Å². The van der Waals surface area contributed by atoms with E-state index in [-0.39, 0.29) is 17.7 Å². The predicted octanol–water partition coefficient (Wildman–Crippen LogP) is 2.05. The zero-order valence-electron chi connectivity index (χ0n) is 18.1. The van der Waals surface area contributed by atoms with Crippen LogP contribution in [0.25, 0.3) is 0 Å². The number of nitrogens with one attached hydrogen (secondary N) is 1. The van der Waals surface area contributed by atoms with E-state index in [0.717, 1.165) is 48.3 Å². The molecule has 2 N–H and O–H groups in total. The van der Waals surface area contributed by atoms with Gasteiger partial charge in [0.15, 0.2) is 0 Å². The number of aliphatic carboxylic acids is 1. The van der Waals surface area contributed by atoms with E-state index in [4.69, 9.17) is 5.11 Å². The van der Waals surface area contributed by atoms with Crippen LogP contribution in [0.15, 0.2) is 6.20 Å². The lowest BCUT2D eigenvalue weighted by atomic mass is 9.66. The number of nitrogens with zero attached hydrogens (tertiary/aromatic N) is 5. The number of hydrogen-bond acceptors (Lipinski definition) is 5. The van der Waals surface area contributed by atoms with E-state index in [0.29, 0.717) is 32.4 Å². The minimum atomic E-state index is -0.771. The van der Waals surface area contributed by atoms with Crippen molar-refractivity contribution in [2.75, 3.05) is 6.54 Å². The Balaban J connectivity index is 1.50. The van der Waals surface area contributed by atoms with Crippen LogP contribution in [-0.2, 0) is 35.0 Å². The van der Waals surface area contributed by atoms with E-state index in [1.807, 2.05) is 31.8 Å². The van der Waals surface area contributed by atoms with Gasteiger partial charge in [-0.15, -0.1) is 5.10 Å². The van der Waals surface area contributed by atoms with Crippen LogP contribution in [0, 0.1) is 13.8 Å². The molecule has 2 aromatic heterocycles. The highest BCUT2D eigenvalue weighted by Gasteiger charge is 2.41. The number of carboxylic acid groups (broad SMARTS) is 1. The standard InChI is InChI=1S/C21H32N6O3/c1-15-17(16(2)26(3)24-15)8-9-19(28)22-14-21(10-6-11-21)18-13-27(25-23-18)12-5-4-7-20(29)30/h13H,4-12,14H2,1-3H3,(H,22,28)(H,29,30). The maximum atomic E-state index is 12.5. The van der Waals surface area contributed by atoms with E-state index < -0.39 is 5.97 Å². The molecule has 9 heteroatoms. The molecule has 1 amide bonds. The summed E-state index contributed by atoms with van der Waals surface area (Å²) < 4.78 is 3.64. The molecule has 0 spiro atoms. The first-order chi connectivity index (χ1) is 14.3. The van der Waals surface area contributed by atoms with Crippen LogP contribution in [0.1, 0.15) is 67.6 Å². The summed E-state index contributed by atoms with van der Waals surface area (Å²) in [6.45, 7) is 5.25. The van der Waals surface area contributed by atoms with Crippen molar-refractivity contribution in [1.82, 2.24) is 30.1 Å². The van der Waals surface area contributed by atoms with E-state index >= 15 is 0 Å². The average Bonchev–Trinajstić information content (AvgIpc) is 3.22. The molecule has 1 aliphatic carbocycles. The number of carbonyl (C=O) groups is 2. The number of aromatic nitrogens is 5. The molecule has 1 fully saturated rings. The number of amides is 1. The topological polar surface area (TPSA) is 115 Å². The zero-order valence-corrected chi connectivity index (χ0v) is 18.1. The molecule has 0 atom stereocenters. The highest BCUT2D eigenvalue weighted by Crippen LogP contribution is 2.42. The van der Waals surface area contributed by atoms with E-state index in [2.05, 4.69) is 20.7 Å². The Bertz CT molecular complexity index is 897. The molecule has 1 aliphatic rings. The van der Waals surface area contributed by atoms with Gasteiger partial charge in [-0.05, 0) is 51.5 Å². The van der Waals surface area contributed by atoms with Gasteiger partial charge in [-0.2, -0.15) is 5.10 Å². The number of aryl methyl sites for hydroxylation is 3. The summed E-state index contributed by atoms with van der Waals surface area (Å²) in [5.41, 5.74) is 4.03. The lowest BCUT2D eigenvalue weighted by Gasteiger charge is -2.40. The third kappa shape index (κ3) is 5.06. The van der Waals surface area contributed by atoms with Gasteiger partial charge in [-0.1, -0.05) is 11.6 Å². The molecule has 0 radical (unpaired) electrons. The summed E-state index contributed by atoms with van der Waals surface area (Å²) in [5, 5.41) is 24.8. The molecule has 164 valence electrons. The molecule has 0 aliphatic heterocycles. The van der Waals surface area contributed by atoms with Crippen molar-refractivity contribution in [1.29, 1.82) is 0 Å². The largest absolute Gasteiger partial charge is 0.481 e. The zero-order chi connectivity index (χ0) is 21.7. The fourth-order valence-electron chi connectivity index (χ4n) is 4.10. The monoisotopic (exact) mass is 416 g/mol. The van der Waals surface area contributed by atoms with E-state index in [9.17, 15) is 9.59 Å². The Labute approximate surface area is 176 Å². The van der Waals surface area contributed by atoms with Crippen molar-refractivity contribution in [3.63, 3.8) is 0 Å². The second-order valence-electron chi connectivity index (χ2n) is 8.40. The van der Waals surface area contributed by atoms with Gasteiger partial charge in [-0.3, -0.25) is 19.0 Å². The van der Waals surface area contributed by atoms with Gasteiger partial charge in [0.2, 0.25) is 5.91 Å². The van der Waals surface area contributed by atoms with Crippen LogP contribution in [0.4, 0.5) is 0 Å². The Morgan fingerprint density at radius 2 is 2.00 bits per heavy atom. The van der Waals surface area contributed by atoms with Gasteiger partial charge in [0, 0.05) is 50.3 Å². The average molecular weight is 417 g/mol. The van der Waals surface area contributed by atoms with Crippen molar-refractivity contribution in [3.05, 3.63) is 28.8 Å². The van der Waals surface area contributed by atoms with Gasteiger partial charge in [0.25, 0.3) is 0 Å². The smallest absolute Gasteiger partial charge is 0.303 e. The first-order valence-electron chi connectivity index (χ1n) is 10.7. The first-order valence-corrected chi connectivity index (χ1v) is 10.7. The van der Waals surface area contributed by atoms with Crippen molar-refractivity contribution in [3.8, 4) is 0 Å². The molecule has 1 saturated carbocycles. The summed E-state index contributed by atoms with van der Waals surface area (Å²) in [7, 11) is 1.92. The van der Waals surface area contributed by atoms with Gasteiger partial charge < -0.3 is 10.4 Å². The second kappa shape index (κ2) is 9.40. The number of carbonyl (C=O) groups excluding carboxylic acids is 1. The van der Waals surface area contributed by atoms with Gasteiger partial charge in [0.05, 0.1) is 11.4 Å². The molecule has 0 saturated heterocycles. The van der Waals surface area contributed by atoms with Crippen LogP contribution in [-0.4, -0.2) is 48.3 Å². The van der Waals surface area contributed by atoms with Crippen molar-refractivity contribution in [2.45, 2.75) is 77.2 Å². The van der Waals surface area contributed by atoms with E-state index in [1.165, 1.54) is 0 Å². The summed E-state index contributed by atoms with van der Waals surface area (Å²) in [5.74, 6) is -0.725. The summed E-state index contributed by atoms with van der Waals surface area (Å²) in [4.78, 5) is 23.1. The number of hydrogen-bond donors (Lipinski definition) is 2. The highest BCUT2D eigenvalue weighted by atomic mass is 16.4. The van der Waals surface area contributed by atoms with Crippen molar-refractivity contribution >= 4 is 11.9 Å².